The fourth-order valence-corrected chi connectivity index (χ4v) is 4.01. The van der Waals surface area contributed by atoms with Gasteiger partial charge < -0.3 is 10.1 Å². The molecular formula is C25H25N5O2. The number of ether oxygens (including phenoxy) is 1. The number of amides is 1. The third-order valence-corrected chi connectivity index (χ3v) is 5.80. The topological polar surface area (TPSA) is 81.9 Å². The first-order valence-corrected chi connectivity index (χ1v) is 10.8. The van der Waals surface area contributed by atoms with E-state index in [1.165, 1.54) is 0 Å². The predicted octanol–water partition coefficient (Wildman–Crippen LogP) is 4.08. The van der Waals surface area contributed by atoms with Crippen LogP contribution in [0.5, 0.6) is 0 Å². The van der Waals surface area contributed by atoms with Crippen LogP contribution in [0.25, 0.3) is 16.9 Å². The molecule has 0 aliphatic heterocycles. The van der Waals surface area contributed by atoms with Gasteiger partial charge in [-0.2, -0.15) is 9.78 Å². The first kappa shape index (κ1) is 20.3. The van der Waals surface area contributed by atoms with Crippen molar-refractivity contribution in [1.29, 1.82) is 0 Å². The number of carbonyl (C=O) groups excluding carboxylic acids is 1. The Hall–Kier alpha value is -3.58. The van der Waals surface area contributed by atoms with E-state index < -0.39 is 0 Å². The van der Waals surface area contributed by atoms with Crippen LogP contribution in [0.4, 0.5) is 0 Å². The van der Waals surface area contributed by atoms with Crippen LogP contribution in [0.1, 0.15) is 51.6 Å². The van der Waals surface area contributed by atoms with Crippen LogP contribution in [0, 0.1) is 6.92 Å². The normalized spacial score (nSPS) is 13.4. The predicted molar refractivity (Wildman–Crippen MR) is 122 cm³/mol. The van der Waals surface area contributed by atoms with E-state index in [0.717, 1.165) is 40.7 Å². The Labute approximate surface area is 186 Å². The fourth-order valence-electron chi connectivity index (χ4n) is 4.01. The van der Waals surface area contributed by atoms with Gasteiger partial charge in [-0.3, -0.25) is 4.79 Å². The van der Waals surface area contributed by atoms with Crippen LogP contribution >= 0.6 is 0 Å². The maximum absolute atomic E-state index is 13.4. The van der Waals surface area contributed by atoms with Crippen LogP contribution in [0.3, 0.4) is 0 Å². The molecule has 32 heavy (non-hydrogen) atoms. The van der Waals surface area contributed by atoms with E-state index in [0.29, 0.717) is 36.1 Å². The highest BCUT2D eigenvalue weighted by Crippen LogP contribution is 2.40. The number of hydrogen-bond donors (Lipinski definition) is 1. The van der Waals surface area contributed by atoms with Crippen LogP contribution in [-0.2, 0) is 17.9 Å². The molecule has 0 bridgehead atoms. The minimum absolute atomic E-state index is 0.129. The number of benzene rings is 1. The molecule has 5 rings (SSSR count). The van der Waals surface area contributed by atoms with Gasteiger partial charge in [0.2, 0.25) is 0 Å². The zero-order chi connectivity index (χ0) is 22.1. The molecule has 0 unspecified atom stereocenters. The molecule has 1 aliphatic carbocycles. The molecule has 162 valence electrons. The Bertz CT molecular complexity index is 1280. The second-order valence-corrected chi connectivity index (χ2v) is 8.14. The Morgan fingerprint density at radius 1 is 1.16 bits per heavy atom. The number of methoxy groups -OCH3 is 1. The lowest BCUT2D eigenvalue weighted by Gasteiger charge is -2.12. The highest BCUT2D eigenvalue weighted by Gasteiger charge is 2.29. The lowest BCUT2D eigenvalue weighted by molar-refractivity contribution is 0.0952. The van der Waals surface area contributed by atoms with Gasteiger partial charge >= 0.3 is 0 Å². The van der Waals surface area contributed by atoms with Gasteiger partial charge in [0.1, 0.15) is 0 Å². The molecule has 1 fully saturated rings. The van der Waals surface area contributed by atoms with E-state index in [9.17, 15) is 4.79 Å². The molecule has 1 N–H and O–H groups in total. The SMILES string of the molecule is COCc1ccccc1CNC(=O)c1cc(C2CC2)nc2c1c(C)nn2-c1ccccn1. The maximum Gasteiger partial charge on any atom is 0.252 e. The van der Waals surface area contributed by atoms with Crippen molar-refractivity contribution in [1.82, 2.24) is 25.1 Å². The summed E-state index contributed by atoms with van der Waals surface area (Å²) >= 11 is 0. The van der Waals surface area contributed by atoms with E-state index in [-0.39, 0.29) is 5.91 Å². The summed E-state index contributed by atoms with van der Waals surface area (Å²) in [5.41, 5.74) is 5.09. The lowest BCUT2D eigenvalue weighted by atomic mass is 10.1. The molecule has 1 aliphatic rings. The van der Waals surface area contributed by atoms with Crippen molar-refractivity contribution < 1.29 is 9.53 Å². The maximum atomic E-state index is 13.4. The minimum atomic E-state index is -0.129. The largest absolute Gasteiger partial charge is 0.380 e. The Kier molecular flexibility index (Phi) is 5.41. The summed E-state index contributed by atoms with van der Waals surface area (Å²) in [6.07, 6.45) is 3.93. The molecule has 1 amide bonds. The van der Waals surface area contributed by atoms with Gasteiger partial charge in [-0.25, -0.2) is 9.97 Å². The molecule has 3 heterocycles. The van der Waals surface area contributed by atoms with E-state index in [1.807, 2.05) is 55.5 Å². The number of carbonyl (C=O) groups is 1. The quantitative estimate of drug-likeness (QED) is 0.481. The van der Waals surface area contributed by atoms with E-state index in [2.05, 4.69) is 15.4 Å². The third-order valence-electron chi connectivity index (χ3n) is 5.80. The van der Waals surface area contributed by atoms with Gasteiger partial charge in [0.25, 0.3) is 5.91 Å². The molecular weight excluding hydrogens is 402 g/mol. The summed E-state index contributed by atoms with van der Waals surface area (Å²) in [6.45, 7) is 2.84. The monoisotopic (exact) mass is 427 g/mol. The average molecular weight is 428 g/mol. The van der Waals surface area contributed by atoms with Gasteiger partial charge in [0, 0.05) is 31.5 Å². The number of aromatic nitrogens is 4. The van der Waals surface area contributed by atoms with Gasteiger partial charge in [-0.1, -0.05) is 30.3 Å². The second kappa shape index (κ2) is 8.51. The van der Waals surface area contributed by atoms with Gasteiger partial charge in [-0.05, 0) is 49.1 Å². The third kappa shape index (κ3) is 3.87. The smallest absolute Gasteiger partial charge is 0.252 e. The number of aryl methyl sites for hydroxylation is 1. The van der Waals surface area contributed by atoms with Crippen LogP contribution < -0.4 is 5.32 Å². The fraction of sp³-hybridized carbons (Fsp3) is 0.280. The number of fused-ring (bicyclic) bond motifs is 1. The molecule has 0 radical (unpaired) electrons. The molecule has 1 aromatic carbocycles. The molecule has 0 spiro atoms. The van der Waals surface area contributed by atoms with Crippen LogP contribution in [0.15, 0.2) is 54.7 Å². The average Bonchev–Trinajstić information content (AvgIpc) is 3.62. The molecule has 4 aromatic rings. The van der Waals surface area contributed by atoms with Crippen molar-refractivity contribution in [2.45, 2.75) is 38.8 Å². The zero-order valence-corrected chi connectivity index (χ0v) is 18.2. The van der Waals surface area contributed by atoms with Crippen molar-refractivity contribution >= 4 is 16.9 Å². The number of hydrogen-bond acceptors (Lipinski definition) is 5. The number of nitrogens with zero attached hydrogens (tertiary/aromatic N) is 4. The molecule has 0 saturated heterocycles. The summed E-state index contributed by atoms with van der Waals surface area (Å²) in [6, 6.07) is 15.6. The van der Waals surface area contributed by atoms with Gasteiger partial charge in [-0.15, -0.1) is 0 Å². The number of rotatable bonds is 7. The van der Waals surface area contributed by atoms with Gasteiger partial charge in [0.05, 0.1) is 23.3 Å². The molecule has 7 nitrogen and oxygen atoms in total. The van der Waals surface area contributed by atoms with E-state index >= 15 is 0 Å². The summed E-state index contributed by atoms with van der Waals surface area (Å²) in [4.78, 5) is 22.7. The summed E-state index contributed by atoms with van der Waals surface area (Å²) < 4.78 is 7.03. The van der Waals surface area contributed by atoms with Crippen molar-refractivity contribution in [3.05, 3.63) is 82.8 Å². The Morgan fingerprint density at radius 3 is 2.66 bits per heavy atom. The molecule has 7 heteroatoms. The van der Waals surface area contributed by atoms with Crippen LogP contribution in [-0.4, -0.2) is 32.8 Å². The Balaban J connectivity index is 1.53. The summed E-state index contributed by atoms with van der Waals surface area (Å²) in [5.74, 6) is 0.960. The van der Waals surface area contributed by atoms with Crippen molar-refractivity contribution in [2.24, 2.45) is 0 Å². The van der Waals surface area contributed by atoms with Crippen molar-refractivity contribution in [3.63, 3.8) is 0 Å². The number of pyridine rings is 2. The molecule has 3 aromatic heterocycles. The molecule has 1 saturated carbocycles. The van der Waals surface area contributed by atoms with Crippen LogP contribution in [0.2, 0.25) is 0 Å². The Morgan fingerprint density at radius 2 is 1.94 bits per heavy atom. The van der Waals surface area contributed by atoms with E-state index in [1.54, 1.807) is 18.0 Å². The minimum Gasteiger partial charge on any atom is -0.380 e. The molecule has 0 atom stereocenters. The number of nitrogens with one attached hydrogen (secondary N) is 1. The second-order valence-electron chi connectivity index (χ2n) is 8.14. The van der Waals surface area contributed by atoms with E-state index in [4.69, 9.17) is 9.72 Å². The lowest BCUT2D eigenvalue weighted by Crippen LogP contribution is -2.24. The summed E-state index contributed by atoms with van der Waals surface area (Å²) in [7, 11) is 1.67. The van der Waals surface area contributed by atoms with Crippen molar-refractivity contribution in [3.8, 4) is 5.82 Å². The summed E-state index contributed by atoms with van der Waals surface area (Å²) in [5, 5.41) is 8.54. The first-order valence-electron chi connectivity index (χ1n) is 10.8. The zero-order valence-electron chi connectivity index (χ0n) is 18.2. The standard InChI is InChI=1S/C25H25N5O2/c1-16-23-20(25(31)27-14-18-7-3-4-8-19(18)15-32-2)13-21(17-10-11-17)28-24(23)30(29-16)22-9-5-6-12-26-22/h3-9,12-13,17H,10-11,14-15H2,1-2H3,(H,27,31). The highest BCUT2D eigenvalue weighted by atomic mass is 16.5. The highest BCUT2D eigenvalue weighted by molar-refractivity contribution is 6.06. The van der Waals surface area contributed by atoms with Crippen molar-refractivity contribution in [2.75, 3.05) is 7.11 Å². The first-order chi connectivity index (χ1) is 15.7. The van der Waals surface area contributed by atoms with Gasteiger partial charge in [0.15, 0.2) is 11.5 Å².